The molecule has 0 saturated heterocycles. The Balaban J connectivity index is 1.32. The average Bonchev–Trinajstić information content (AvgIpc) is 3.33. The Labute approximate surface area is 205 Å². The van der Waals surface area contributed by atoms with Crippen molar-refractivity contribution in [3.63, 3.8) is 0 Å². The predicted octanol–water partition coefficient (Wildman–Crippen LogP) is 3.37. The van der Waals surface area contributed by atoms with E-state index >= 15 is 0 Å². The van der Waals surface area contributed by atoms with Crippen LogP contribution in [0.4, 0.5) is 5.69 Å². The van der Waals surface area contributed by atoms with Crippen LogP contribution in [0.2, 0.25) is 0 Å². The molecule has 2 amide bonds. The van der Waals surface area contributed by atoms with Gasteiger partial charge < -0.3 is 30.0 Å². The van der Waals surface area contributed by atoms with Crippen molar-refractivity contribution in [2.75, 3.05) is 24.5 Å². The summed E-state index contributed by atoms with van der Waals surface area (Å²) in [6.45, 7) is -0.0732. The van der Waals surface area contributed by atoms with Gasteiger partial charge in [-0.3, -0.25) is 9.59 Å². The van der Waals surface area contributed by atoms with E-state index in [2.05, 4.69) is 5.32 Å². The van der Waals surface area contributed by atoms with Gasteiger partial charge in [0.1, 0.15) is 12.4 Å². The zero-order valence-corrected chi connectivity index (χ0v) is 19.3. The molecule has 3 N–H and O–H groups in total. The zero-order valence-electron chi connectivity index (χ0n) is 18.5. The molecule has 3 aromatic carbocycles. The van der Waals surface area contributed by atoms with E-state index in [4.69, 9.17) is 24.7 Å². The molecule has 3 aromatic rings. The van der Waals surface area contributed by atoms with Crippen LogP contribution in [0.5, 0.6) is 17.2 Å². The Hall–Kier alpha value is -4.18. The number of esters is 1. The second kappa shape index (κ2) is 11.3. The molecule has 0 radical (unpaired) electrons. The summed E-state index contributed by atoms with van der Waals surface area (Å²) in [4.78, 5) is 36.7. The van der Waals surface area contributed by atoms with Crippen LogP contribution in [-0.4, -0.2) is 36.9 Å². The lowest BCUT2D eigenvalue weighted by molar-refractivity contribution is -0.120. The molecule has 4 rings (SSSR count). The fourth-order valence-corrected chi connectivity index (χ4v) is 4.02. The lowest BCUT2D eigenvalue weighted by atomic mass is 10.2. The first-order valence-electron chi connectivity index (χ1n) is 10.6. The number of thioether (sulfide) groups is 1. The van der Waals surface area contributed by atoms with Crippen molar-refractivity contribution < 1.29 is 33.3 Å². The van der Waals surface area contributed by atoms with E-state index in [1.807, 2.05) is 0 Å². The molecule has 10 heteroatoms. The number of anilines is 1. The molecule has 35 heavy (non-hydrogen) atoms. The smallest absolute Gasteiger partial charge is 0.339 e. The SMILES string of the molecule is NC(=O)COc1cccc(COC(=O)c2ccccc2SCC(=O)Nc2ccc3c(c2)OCO3)c1. The average molecular weight is 495 g/mol. The van der Waals surface area contributed by atoms with Crippen molar-refractivity contribution in [1.29, 1.82) is 0 Å². The number of carbonyl (C=O) groups excluding carboxylic acids is 3. The molecule has 0 bridgehead atoms. The minimum Gasteiger partial charge on any atom is -0.484 e. The van der Waals surface area contributed by atoms with Gasteiger partial charge in [-0.05, 0) is 42.0 Å². The minimum atomic E-state index is -0.583. The number of fused-ring (bicyclic) bond motifs is 1. The standard InChI is InChI=1S/C25H22N2O7S/c26-23(28)13-31-18-5-3-4-16(10-18)12-32-25(30)19-6-1-2-7-22(19)35-14-24(29)27-17-8-9-20-21(11-17)34-15-33-20/h1-11H,12-15H2,(H2,26,28)(H,27,29). The number of hydrogen-bond donors (Lipinski definition) is 2. The monoisotopic (exact) mass is 494 g/mol. The van der Waals surface area contributed by atoms with Gasteiger partial charge >= 0.3 is 5.97 Å². The normalized spacial score (nSPS) is 11.5. The van der Waals surface area contributed by atoms with Crippen molar-refractivity contribution in [3.05, 3.63) is 77.9 Å². The maximum atomic E-state index is 12.7. The first-order valence-corrected chi connectivity index (χ1v) is 11.5. The molecule has 1 aliphatic rings. The summed E-state index contributed by atoms with van der Waals surface area (Å²) in [7, 11) is 0. The highest BCUT2D eigenvalue weighted by Crippen LogP contribution is 2.34. The maximum absolute atomic E-state index is 12.7. The van der Waals surface area contributed by atoms with Gasteiger partial charge in [0.15, 0.2) is 18.1 Å². The molecule has 0 aromatic heterocycles. The Morgan fingerprint density at radius 2 is 1.80 bits per heavy atom. The molecule has 0 spiro atoms. The number of rotatable bonds is 10. The van der Waals surface area contributed by atoms with E-state index in [1.54, 1.807) is 66.7 Å². The van der Waals surface area contributed by atoms with Crippen molar-refractivity contribution in [3.8, 4) is 17.2 Å². The summed E-state index contributed by atoms with van der Waals surface area (Å²) in [6, 6.07) is 18.9. The molecule has 9 nitrogen and oxygen atoms in total. The third-order valence-electron chi connectivity index (χ3n) is 4.77. The first-order chi connectivity index (χ1) is 17.0. The largest absolute Gasteiger partial charge is 0.484 e. The third kappa shape index (κ3) is 6.67. The fourth-order valence-electron chi connectivity index (χ4n) is 3.18. The molecule has 0 aliphatic carbocycles. The topological polar surface area (TPSA) is 126 Å². The number of hydrogen-bond acceptors (Lipinski definition) is 8. The van der Waals surface area contributed by atoms with Gasteiger partial charge in [-0.2, -0.15) is 0 Å². The van der Waals surface area contributed by atoms with Gasteiger partial charge in [-0.25, -0.2) is 4.79 Å². The highest BCUT2D eigenvalue weighted by atomic mass is 32.2. The van der Waals surface area contributed by atoms with Crippen LogP contribution in [0, 0.1) is 0 Å². The molecule has 1 aliphatic heterocycles. The molecular weight excluding hydrogens is 472 g/mol. The van der Waals surface area contributed by atoms with Crippen LogP contribution in [-0.2, 0) is 20.9 Å². The number of nitrogens with two attached hydrogens (primary N) is 1. The molecular formula is C25H22N2O7S. The molecule has 0 fully saturated rings. The van der Waals surface area contributed by atoms with Crippen LogP contribution in [0.15, 0.2) is 71.6 Å². The van der Waals surface area contributed by atoms with E-state index in [0.29, 0.717) is 39.0 Å². The highest BCUT2D eigenvalue weighted by Gasteiger charge is 2.16. The van der Waals surface area contributed by atoms with E-state index in [9.17, 15) is 14.4 Å². The quantitative estimate of drug-likeness (QED) is 0.325. The number of amides is 2. The molecule has 180 valence electrons. The first kappa shape index (κ1) is 24.0. The number of primary amides is 1. The van der Waals surface area contributed by atoms with Gasteiger partial charge in [0.2, 0.25) is 12.7 Å². The van der Waals surface area contributed by atoms with Gasteiger partial charge in [-0.15, -0.1) is 11.8 Å². The summed E-state index contributed by atoms with van der Waals surface area (Å²) in [5.74, 6) is 0.418. The lowest BCUT2D eigenvalue weighted by Gasteiger charge is -2.11. The Morgan fingerprint density at radius 3 is 2.66 bits per heavy atom. The summed E-state index contributed by atoms with van der Waals surface area (Å²) in [5.41, 5.74) is 6.72. The van der Waals surface area contributed by atoms with Gasteiger partial charge in [-0.1, -0.05) is 24.3 Å². The minimum absolute atomic E-state index is 0.0101. The number of nitrogens with one attached hydrogen (secondary N) is 1. The molecule has 0 unspecified atom stereocenters. The zero-order chi connectivity index (χ0) is 24.6. The van der Waals surface area contributed by atoms with Crippen LogP contribution < -0.4 is 25.3 Å². The van der Waals surface area contributed by atoms with Gasteiger partial charge in [0.25, 0.3) is 5.91 Å². The third-order valence-corrected chi connectivity index (χ3v) is 5.85. The second-order valence-corrected chi connectivity index (χ2v) is 8.40. The Bertz CT molecular complexity index is 1250. The second-order valence-electron chi connectivity index (χ2n) is 7.38. The van der Waals surface area contributed by atoms with Crippen LogP contribution in [0.25, 0.3) is 0 Å². The van der Waals surface area contributed by atoms with E-state index in [1.165, 1.54) is 11.8 Å². The maximum Gasteiger partial charge on any atom is 0.339 e. The molecule has 0 saturated carbocycles. The van der Waals surface area contributed by atoms with Crippen molar-refractivity contribution in [2.45, 2.75) is 11.5 Å². The lowest BCUT2D eigenvalue weighted by Crippen LogP contribution is -2.20. The Kier molecular flexibility index (Phi) is 7.74. The molecule has 1 heterocycles. The van der Waals surface area contributed by atoms with Crippen LogP contribution >= 0.6 is 11.8 Å². The van der Waals surface area contributed by atoms with Gasteiger partial charge in [0.05, 0.1) is 11.3 Å². The van der Waals surface area contributed by atoms with Crippen molar-refractivity contribution in [1.82, 2.24) is 0 Å². The predicted molar refractivity (Wildman–Crippen MR) is 129 cm³/mol. The fraction of sp³-hybridized carbons (Fsp3) is 0.160. The van der Waals surface area contributed by atoms with Crippen molar-refractivity contribution >= 4 is 35.2 Å². The highest BCUT2D eigenvalue weighted by molar-refractivity contribution is 8.00. The molecule has 0 atom stereocenters. The summed E-state index contributed by atoms with van der Waals surface area (Å²) < 4.78 is 21.3. The van der Waals surface area contributed by atoms with Gasteiger partial charge in [0, 0.05) is 16.6 Å². The van der Waals surface area contributed by atoms with Crippen LogP contribution in [0.3, 0.4) is 0 Å². The summed E-state index contributed by atoms with van der Waals surface area (Å²) in [5, 5.41) is 2.81. The Morgan fingerprint density at radius 1 is 0.971 bits per heavy atom. The van der Waals surface area contributed by atoms with E-state index < -0.39 is 11.9 Å². The van der Waals surface area contributed by atoms with Crippen molar-refractivity contribution in [2.24, 2.45) is 5.73 Å². The number of benzene rings is 3. The van der Waals surface area contributed by atoms with E-state index in [0.717, 1.165) is 0 Å². The van der Waals surface area contributed by atoms with Crippen LogP contribution in [0.1, 0.15) is 15.9 Å². The summed E-state index contributed by atoms with van der Waals surface area (Å²) in [6.07, 6.45) is 0. The number of carbonyl (C=O) groups is 3. The summed E-state index contributed by atoms with van der Waals surface area (Å²) >= 11 is 1.23. The van der Waals surface area contributed by atoms with E-state index in [-0.39, 0.29) is 31.7 Å². The number of ether oxygens (including phenoxy) is 4.